The quantitative estimate of drug-likeness (QED) is 0.608. The van der Waals surface area contributed by atoms with Gasteiger partial charge >= 0.3 is 0 Å². The third-order valence-corrected chi connectivity index (χ3v) is 4.38. The van der Waals surface area contributed by atoms with E-state index in [2.05, 4.69) is 26.8 Å². The highest BCUT2D eigenvalue weighted by molar-refractivity contribution is 9.10. The van der Waals surface area contributed by atoms with E-state index in [4.69, 9.17) is 0 Å². The summed E-state index contributed by atoms with van der Waals surface area (Å²) in [5.41, 5.74) is 7.16. The Kier molecular flexibility index (Phi) is 4.96. The van der Waals surface area contributed by atoms with Crippen molar-refractivity contribution < 1.29 is 14.4 Å². The van der Waals surface area contributed by atoms with E-state index in [1.165, 1.54) is 0 Å². The van der Waals surface area contributed by atoms with Crippen LogP contribution in [0.4, 0.5) is 5.69 Å². The minimum absolute atomic E-state index is 0.00846. The number of hydrazine groups is 1. The fourth-order valence-corrected chi connectivity index (χ4v) is 2.96. The van der Waals surface area contributed by atoms with E-state index in [9.17, 15) is 14.4 Å². The van der Waals surface area contributed by atoms with Crippen LogP contribution in [-0.2, 0) is 9.59 Å². The number of halogens is 1. The molecule has 3 rings (SSSR count). The van der Waals surface area contributed by atoms with Crippen molar-refractivity contribution in [1.29, 1.82) is 0 Å². The van der Waals surface area contributed by atoms with E-state index in [0.717, 1.165) is 14.9 Å². The molecule has 7 heteroatoms. The number of hydrogen-bond donors (Lipinski definition) is 2. The molecular formula is C18H16BrN3O3. The van der Waals surface area contributed by atoms with Gasteiger partial charge in [0.1, 0.15) is 6.04 Å². The Morgan fingerprint density at radius 3 is 2.56 bits per heavy atom. The number of imide groups is 1. The number of carbonyl (C=O) groups is 3. The van der Waals surface area contributed by atoms with Gasteiger partial charge in [-0.3, -0.25) is 19.8 Å². The molecule has 1 heterocycles. The van der Waals surface area contributed by atoms with Crippen LogP contribution in [0.1, 0.15) is 22.3 Å². The van der Waals surface area contributed by atoms with E-state index in [1.807, 2.05) is 25.1 Å². The van der Waals surface area contributed by atoms with Crippen LogP contribution in [0, 0.1) is 6.92 Å². The summed E-state index contributed by atoms with van der Waals surface area (Å²) in [5, 5.41) is 0. The fourth-order valence-electron chi connectivity index (χ4n) is 2.56. The van der Waals surface area contributed by atoms with Crippen molar-refractivity contribution in [2.45, 2.75) is 19.4 Å². The molecule has 0 spiro atoms. The number of benzene rings is 2. The van der Waals surface area contributed by atoms with Crippen LogP contribution in [0.15, 0.2) is 53.0 Å². The molecule has 1 aliphatic rings. The average molecular weight is 402 g/mol. The smallest absolute Gasteiger partial charge is 0.265 e. The minimum Gasteiger partial charge on any atom is -0.287 e. The molecule has 1 saturated heterocycles. The summed E-state index contributed by atoms with van der Waals surface area (Å²) in [6, 6.07) is 13.2. The average Bonchev–Trinajstić information content (AvgIpc) is 2.87. The lowest BCUT2D eigenvalue weighted by atomic mass is 10.2. The topological polar surface area (TPSA) is 78.5 Å². The summed E-state index contributed by atoms with van der Waals surface area (Å²) in [4.78, 5) is 37.9. The third kappa shape index (κ3) is 3.78. The fraction of sp³-hybridized carbons (Fsp3) is 0.167. The van der Waals surface area contributed by atoms with Gasteiger partial charge in [-0.25, -0.2) is 10.3 Å². The summed E-state index contributed by atoms with van der Waals surface area (Å²) in [6.07, 6.45) is -0.00846. The Morgan fingerprint density at radius 2 is 1.88 bits per heavy atom. The standard InChI is InChI=1S/C18H16BrN3O3/c1-11-5-7-14(8-6-11)22-16(23)10-15(18(22)25)20-21-17(24)12-3-2-4-13(19)9-12/h2-9,15,20H,10H2,1H3,(H,21,24)/t15-/m0/s1. The molecule has 128 valence electrons. The van der Waals surface area contributed by atoms with E-state index < -0.39 is 6.04 Å². The second kappa shape index (κ2) is 7.16. The predicted molar refractivity (Wildman–Crippen MR) is 96.8 cm³/mol. The molecule has 0 aliphatic carbocycles. The van der Waals surface area contributed by atoms with Gasteiger partial charge in [0, 0.05) is 10.0 Å². The van der Waals surface area contributed by atoms with Crippen molar-refractivity contribution in [3.8, 4) is 0 Å². The number of rotatable bonds is 4. The Morgan fingerprint density at radius 1 is 1.16 bits per heavy atom. The number of amides is 3. The maximum absolute atomic E-state index is 12.5. The number of nitrogens with one attached hydrogen (secondary N) is 2. The maximum atomic E-state index is 12.5. The van der Waals surface area contributed by atoms with Gasteiger partial charge in [0.05, 0.1) is 12.1 Å². The molecule has 2 aromatic rings. The van der Waals surface area contributed by atoms with E-state index in [1.54, 1.807) is 30.3 Å². The predicted octanol–water partition coefficient (Wildman–Crippen LogP) is 2.32. The molecule has 25 heavy (non-hydrogen) atoms. The van der Waals surface area contributed by atoms with E-state index >= 15 is 0 Å². The summed E-state index contributed by atoms with van der Waals surface area (Å²) >= 11 is 3.30. The Hall–Kier alpha value is -2.51. The lowest BCUT2D eigenvalue weighted by Gasteiger charge is -2.16. The monoisotopic (exact) mass is 401 g/mol. The second-order valence-electron chi connectivity index (χ2n) is 5.77. The number of anilines is 1. The van der Waals surface area contributed by atoms with Gasteiger partial charge in [-0.15, -0.1) is 0 Å². The Labute approximate surface area is 153 Å². The van der Waals surface area contributed by atoms with Gasteiger partial charge in [-0.1, -0.05) is 39.7 Å². The molecule has 6 nitrogen and oxygen atoms in total. The van der Waals surface area contributed by atoms with Crippen LogP contribution < -0.4 is 15.8 Å². The lowest BCUT2D eigenvalue weighted by Crippen LogP contribution is -2.48. The number of hydrogen-bond acceptors (Lipinski definition) is 4. The van der Waals surface area contributed by atoms with Crippen molar-refractivity contribution >= 4 is 39.3 Å². The second-order valence-corrected chi connectivity index (χ2v) is 6.68. The SMILES string of the molecule is Cc1ccc(N2C(=O)C[C@H](NNC(=O)c3cccc(Br)c3)C2=O)cc1. The molecule has 0 unspecified atom stereocenters. The molecule has 1 aliphatic heterocycles. The van der Waals surface area contributed by atoms with Crippen molar-refractivity contribution in [2.75, 3.05) is 4.90 Å². The van der Waals surface area contributed by atoms with Gasteiger partial charge in [-0.05, 0) is 37.3 Å². The van der Waals surface area contributed by atoms with Gasteiger partial charge in [0.2, 0.25) is 5.91 Å². The molecule has 2 N–H and O–H groups in total. The molecular weight excluding hydrogens is 386 g/mol. The number of carbonyl (C=O) groups excluding carboxylic acids is 3. The highest BCUT2D eigenvalue weighted by Crippen LogP contribution is 2.23. The molecule has 0 radical (unpaired) electrons. The molecule has 1 fully saturated rings. The normalized spacial score (nSPS) is 17.0. The summed E-state index contributed by atoms with van der Waals surface area (Å²) in [7, 11) is 0. The third-order valence-electron chi connectivity index (χ3n) is 3.89. The molecule has 0 saturated carbocycles. The summed E-state index contributed by atoms with van der Waals surface area (Å²) in [5.74, 6) is -1.07. The zero-order valence-corrected chi connectivity index (χ0v) is 15.0. The van der Waals surface area contributed by atoms with Crippen LogP contribution in [0.5, 0.6) is 0 Å². The minimum atomic E-state index is -0.787. The molecule has 2 aromatic carbocycles. The van der Waals surface area contributed by atoms with Crippen molar-refractivity contribution in [1.82, 2.24) is 10.9 Å². The van der Waals surface area contributed by atoms with Crippen LogP contribution in [0.3, 0.4) is 0 Å². The van der Waals surface area contributed by atoms with Crippen molar-refractivity contribution in [2.24, 2.45) is 0 Å². The lowest BCUT2D eigenvalue weighted by molar-refractivity contribution is -0.121. The highest BCUT2D eigenvalue weighted by atomic mass is 79.9. The molecule has 0 aromatic heterocycles. The Bertz CT molecular complexity index is 836. The summed E-state index contributed by atoms with van der Waals surface area (Å²) < 4.78 is 0.776. The zero-order chi connectivity index (χ0) is 18.0. The van der Waals surface area contributed by atoms with Crippen LogP contribution in [0.2, 0.25) is 0 Å². The first kappa shape index (κ1) is 17.3. The van der Waals surface area contributed by atoms with Crippen LogP contribution >= 0.6 is 15.9 Å². The number of aryl methyl sites for hydroxylation is 1. The largest absolute Gasteiger partial charge is 0.287 e. The van der Waals surface area contributed by atoms with Gasteiger partial charge in [0.25, 0.3) is 11.8 Å². The highest BCUT2D eigenvalue weighted by Gasteiger charge is 2.39. The summed E-state index contributed by atoms with van der Waals surface area (Å²) in [6.45, 7) is 1.93. The molecule has 3 amide bonds. The molecule has 1 atom stereocenters. The zero-order valence-electron chi connectivity index (χ0n) is 13.5. The van der Waals surface area contributed by atoms with Crippen LogP contribution in [0.25, 0.3) is 0 Å². The van der Waals surface area contributed by atoms with Gasteiger partial charge in [-0.2, -0.15) is 0 Å². The van der Waals surface area contributed by atoms with Crippen molar-refractivity contribution in [3.05, 3.63) is 64.1 Å². The molecule has 0 bridgehead atoms. The number of nitrogens with zero attached hydrogens (tertiary/aromatic N) is 1. The first-order valence-electron chi connectivity index (χ1n) is 7.70. The van der Waals surface area contributed by atoms with Gasteiger partial charge in [0.15, 0.2) is 0 Å². The van der Waals surface area contributed by atoms with Gasteiger partial charge < -0.3 is 0 Å². The van der Waals surface area contributed by atoms with Crippen LogP contribution in [-0.4, -0.2) is 23.8 Å². The van der Waals surface area contributed by atoms with Crippen molar-refractivity contribution in [3.63, 3.8) is 0 Å². The van der Waals surface area contributed by atoms with E-state index in [0.29, 0.717) is 11.3 Å². The maximum Gasteiger partial charge on any atom is 0.265 e. The van der Waals surface area contributed by atoms with E-state index in [-0.39, 0.29) is 24.1 Å². The first-order valence-corrected chi connectivity index (χ1v) is 8.50. The first-order chi connectivity index (χ1) is 12.0. The Balaban J connectivity index is 1.66.